The van der Waals surface area contributed by atoms with E-state index < -0.39 is 34.2 Å². The number of rotatable bonds is 6. The van der Waals surface area contributed by atoms with Gasteiger partial charge in [0, 0.05) is 12.7 Å². The van der Waals surface area contributed by atoms with Crippen molar-refractivity contribution in [3.63, 3.8) is 0 Å². The van der Waals surface area contributed by atoms with Crippen LogP contribution in [0.1, 0.15) is 10.4 Å². The van der Waals surface area contributed by atoms with Crippen molar-refractivity contribution in [1.82, 2.24) is 9.88 Å². The van der Waals surface area contributed by atoms with E-state index in [1.54, 1.807) is 0 Å². The number of halogens is 1. The van der Waals surface area contributed by atoms with Crippen LogP contribution in [-0.2, 0) is 4.79 Å². The Morgan fingerprint density at radius 3 is 2.75 bits per heavy atom. The molecule has 1 aromatic rings. The molecule has 9 heteroatoms. The zero-order valence-electron chi connectivity index (χ0n) is 10.2. The summed E-state index contributed by atoms with van der Waals surface area (Å²) >= 11 is 5.60. The summed E-state index contributed by atoms with van der Waals surface area (Å²) in [5.74, 6) is -2.08. The van der Waals surface area contributed by atoms with Crippen LogP contribution in [0.5, 0.6) is 0 Å². The van der Waals surface area contributed by atoms with E-state index in [4.69, 9.17) is 16.7 Å². The number of aromatic nitrogens is 1. The molecule has 1 N–H and O–H groups in total. The van der Waals surface area contributed by atoms with Gasteiger partial charge in [0.25, 0.3) is 5.91 Å². The number of carboxylic acid groups (broad SMARTS) is 1. The second kappa shape index (κ2) is 6.62. The van der Waals surface area contributed by atoms with Gasteiger partial charge in [-0.05, 0) is 6.07 Å². The van der Waals surface area contributed by atoms with Gasteiger partial charge < -0.3 is 10.0 Å². The lowest BCUT2D eigenvalue weighted by Gasteiger charge is -2.18. The van der Waals surface area contributed by atoms with Crippen molar-refractivity contribution in [2.24, 2.45) is 0 Å². The standard InChI is InChI=1S/C11H10ClN3O5/c1-2-5-14(6-8(16)17)11(18)7-3-4-13-10(12)9(7)15(19)20/h2-4H,1,5-6H2,(H,16,17). The minimum absolute atomic E-state index is 0.0672. The minimum Gasteiger partial charge on any atom is -0.480 e. The van der Waals surface area contributed by atoms with E-state index in [1.165, 1.54) is 6.08 Å². The summed E-state index contributed by atoms with van der Waals surface area (Å²) in [6, 6.07) is 1.12. The predicted octanol–water partition coefficient (Wildman–Crippen LogP) is 1.36. The van der Waals surface area contributed by atoms with Gasteiger partial charge in [0.05, 0.1) is 4.92 Å². The predicted molar refractivity (Wildman–Crippen MR) is 69.6 cm³/mol. The van der Waals surface area contributed by atoms with Crippen LogP contribution in [0.2, 0.25) is 5.15 Å². The first-order valence-electron chi connectivity index (χ1n) is 5.29. The minimum atomic E-state index is -1.25. The van der Waals surface area contributed by atoms with Crippen LogP contribution in [-0.4, -0.2) is 44.9 Å². The molecule has 1 amide bonds. The monoisotopic (exact) mass is 299 g/mol. The fourth-order valence-electron chi connectivity index (χ4n) is 1.48. The van der Waals surface area contributed by atoms with Crippen molar-refractivity contribution in [2.75, 3.05) is 13.1 Å². The molecule has 1 heterocycles. The Labute approximate surface area is 118 Å². The molecular weight excluding hydrogens is 290 g/mol. The second-order valence-corrected chi connectivity index (χ2v) is 3.98. The highest BCUT2D eigenvalue weighted by atomic mass is 35.5. The molecule has 20 heavy (non-hydrogen) atoms. The van der Waals surface area contributed by atoms with Gasteiger partial charge in [-0.1, -0.05) is 17.7 Å². The summed E-state index contributed by atoms with van der Waals surface area (Å²) in [6.07, 6.45) is 2.45. The maximum Gasteiger partial charge on any atom is 0.323 e. The SMILES string of the molecule is C=CCN(CC(=O)O)C(=O)c1ccnc(Cl)c1[N+](=O)[O-]. The molecule has 106 valence electrons. The van der Waals surface area contributed by atoms with Gasteiger partial charge >= 0.3 is 11.7 Å². The van der Waals surface area contributed by atoms with Gasteiger partial charge in [-0.2, -0.15) is 0 Å². The van der Waals surface area contributed by atoms with Gasteiger partial charge in [0.15, 0.2) is 0 Å². The molecule has 0 radical (unpaired) electrons. The average molecular weight is 300 g/mol. The van der Waals surface area contributed by atoms with E-state index in [0.29, 0.717) is 0 Å². The number of nitrogens with zero attached hydrogens (tertiary/aromatic N) is 3. The molecule has 1 aromatic heterocycles. The number of carbonyl (C=O) groups is 2. The third-order valence-electron chi connectivity index (χ3n) is 2.26. The van der Waals surface area contributed by atoms with Crippen molar-refractivity contribution in [3.8, 4) is 0 Å². The third-order valence-corrected chi connectivity index (χ3v) is 2.53. The third kappa shape index (κ3) is 3.51. The summed E-state index contributed by atoms with van der Waals surface area (Å²) in [6.45, 7) is 2.72. The van der Waals surface area contributed by atoms with E-state index >= 15 is 0 Å². The van der Waals surface area contributed by atoms with E-state index in [-0.39, 0.29) is 12.1 Å². The molecule has 1 rings (SSSR count). The van der Waals surface area contributed by atoms with Crippen LogP contribution in [0.3, 0.4) is 0 Å². The molecular formula is C11H10ClN3O5. The number of carbonyl (C=O) groups excluding carboxylic acids is 1. The number of pyridine rings is 1. The van der Waals surface area contributed by atoms with Crippen molar-refractivity contribution in [2.45, 2.75) is 0 Å². The molecule has 0 saturated heterocycles. The topological polar surface area (TPSA) is 114 Å². The van der Waals surface area contributed by atoms with E-state index in [9.17, 15) is 19.7 Å². The molecule has 0 fully saturated rings. The van der Waals surface area contributed by atoms with Gasteiger partial charge in [-0.25, -0.2) is 4.98 Å². The Balaban J connectivity index is 3.24. The van der Waals surface area contributed by atoms with Gasteiger partial charge in [-0.3, -0.25) is 19.7 Å². The Bertz CT molecular complexity index is 575. The van der Waals surface area contributed by atoms with Crippen molar-refractivity contribution >= 4 is 29.2 Å². The van der Waals surface area contributed by atoms with Gasteiger partial charge in [-0.15, -0.1) is 6.58 Å². The van der Waals surface area contributed by atoms with Crippen LogP contribution in [0, 0.1) is 10.1 Å². The zero-order valence-corrected chi connectivity index (χ0v) is 10.9. The Kier molecular flexibility index (Phi) is 5.15. The fourth-order valence-corrected chi connectivity index (χ4v) is 1.71. The molecule has 0 spiro atoms. The van der Waals surface area contributed by atoms with Crippen LogP contribution in [0.4, 0.5) is 5.69 Å². The first-order valence-corrected chi connectivity index (χ1v) is 5.67. The summed E-state index contributed by atoms with van der Waals surface area (Å²) < 4.78 is 0. The Morgan fingerprint density at radius 1 is 1.60 bits per heavy atom. The highest BCUT2D eigenvalue weighted by molar-refractivity contribution is 6.32. The number of carboxylic acids is 1. The maximum absolute atomic E-state index is 12.2. The number of hydrogen-bond acceptors (Lipinski definition) is 5. The highest BCUT2D eigenvalue weighted by Crippen LogP contribution is 2.27. The summed E-state index contributed by atoms with van der Waals surface area (Å²) in [5, 5.41) is 19.2. The van der Waals surface area contributed by atoms with E-state index in [2.05, 4.69) is 11.6 Å². The Morgan fingerprint density at radius 2 is 2.25 bits per heavy atom. The van der Waals surface area contributed by atoms with Crippen LogP contribution in [0.15, 0.2) is 24.9 Å². The summed E-state index contributed by atoms with van der Waals surface area (Å²) in [7, 11) is 0. The van der Waals surface area contributed by atoms with Crippen molar-refractivity contribution < 1.29 is 19.6 Å². The largest absolute Gasteiger partial charge is 0.480 e. The normalized spacial score (nSPS) is 9.85. The molecule has 0 aliphatic heterocycles. The molecule has 8 nitrogen and oxygen atoms in total. The fraction of sp³-hybridized carbons (Fsp3) is 0.182. The highest BCUT2D eigenvalue weighted by Gasteiger charge is 2.28. The average Bonchev–Trinajstić information content (AvgIpc) is 2.36. The Hall–Kier alpha value is -2.48. The van der Waals surface area contributed by atoms with Crippen LogP contribution >= 0.6 is 11.6 Å². The number of amides is 1. The lowest BCUT2D eigenvalue weighted by atomic mass is 10.2. The first-order chi connectivity index (χ1) is 9.38. The molecule has 0 atom stereocenters. The van der Waals surface area contributed by atoms with Gasteiger partial charge in [0.1, 0.15) is 12.1 Å². The van der Waals surface area contributed by atoms with E-state index in [1.807, 2.05) is 0 Å². The molecule has 0 aromatic carbocycles. The van der Waals surface area contributed by atoms with Crippen LogP contribution < -0.4 is 0 Å². The number of aliphatic carboxylic acids is 1. The van der Waals surface area contributed by atoms with Crippen molar-refractivity contribution in [3.05, 3.63) is 45.7 Å². The smallest absolute Gasteiger partial charge is 0.323 e. The van der Waals surface area contributed by atoms with E-state index in [0.717, 1.165) is 17.2 Å². The molecule has 0 bridgehead atoms. The summed E-state index contributed by atoms with van der Waals surface area (Å²) in [4.78, 5) is 37.4. The number of nitro groups is 1. The van der Waals surface area contributed by atoms with Crippen molar-refractivity contribution in [1.29, 1.82) is 0 Å². The first kappa shape index (κ1) is 15.6. The lowest BCUT2D eigenvalue weighted by Crippen LogP contribution is -2.36. The molecule has 0 unspecified atom stereocenters. The van der Waals surface area contributed by atoms with Crippen LogP contribution in [0.25, 0.3) is 0 Å². The molecule has 0 aliphatic rings. The second-order valence-electron chi connectivity index (χ2n) is 3.62. The summed E-state index contributed by atoms with van der Waals surface area (Å²) in [5.41, 5.74) is -0.975. The maximum atomic E-state index is 12.2. The molecule has 0 aliphatic carbocycles. The lowest BCUT2D eigenvalue weighted by molar-refractivity contribution is -0.385. The molecule has 0 saturated carbocycles. The zero-order chi connectivity index (χ0) is 15.3. The quantitative estimate of drug-likeness (QED) is 0.367. The number of hydrogen-bond donors (Lipinski definition) is 1. The van der Waals surface area contributed by atoms with Gasteiger partial charge in [0.2, 0.25) is 5.15 Å².